The highest BCUT2D eigenvalue weighted by Crippen LogP contribution is 2.32. The van der Waals surface area contributed by atoms with Gasteiger partial charge in [0.1, 0.15) is 5.82 Å². The van der Waals surface area contributed by atoms with Crippen molar-refractivity contribution in [2.75, 3.05) is 24.1 Å². The molecule has 0 radical (unpaired) electrons. The number of hydrogen-bond acceptors (Lipinski definition) is 4. The molecule has 0 heterocycles. The van der Waals surface area contributed by atoms with Crippen LogP contribution in [-0.2, 0) is 10.0 Å². The number of anilines is 1. The summed E-state index contributed by atoms with van der Waals surface area (Å²) in [7, 11) is -3.81. The van der Waals surface area contributed by atoms with Crippen LogP contribution in [0.25, 0.3) is 0 Å². The summed E-state index contributed by atoms with van der Waals surface area (Å²) in [5.74, 6) is 0.450. The van der Waals surface area contributed by atoms with Crippen molar-refractivity contribution in [2.24, 2.45) is 0 Å². The minimum absolute atomic E-state index is 0.0885. The van der Waals surface area contributed by atoms with Gasteiger partial charge in [-0.15, -0.1) is 0 Å². The van der Waals surface area contributed by atoms with Gasteiger partial charge in [0.05, 0.1) is 23.8 Å². The molecule has 0 N–H and O–H groups in total. The minimum atomic E-state index is -3.81. The highest BCUT2D eigenvalue weighted by atomic mass is 32.2. The zero-order valence-electron chi connectivity index (χ0n) is 14.5. The average Bonchev–Trinajstić information content (AvgIpc) is 2.59. The molecule has 0 bridgehead atoms. The van der Waals surface area contributed by atoms with E-state index >= 15 is 0 Å². The number of halogens is 1. The van der Waals surface area contributed by atoms with Crippen LogP contribution in [0.3, 0.4) is 0 Å². The Kier molecular flexibility index (Phi) is 6.25. The molecule has 136 valence electrons. The maximum atomic E-state index is 13.1. The second-order valence-electron chi connectivity index (χ2n) is 5.12. The smallest absolute Gasteiger partial charge is 0.264 e. The lowest BCUT2D eigenvalue weighted by Crippen LogP contribution is -2.30. The Bertz CT molecular complexity index is 806. The van der Waals surface area contributed by atoms with E-state index in [2.05, 4.69) is 0 Å². The first-order valence-corrected chi connectivity index (χ1v) is 9.56. The number of hydrogen-bond donors (Lipinski definition) is 0. The number of benzene rings is 2. The highest BCUT2D eigenvalue weighted by molar-refractivity contribution is 7.92. The molecule has 2 rings (SSSR count). The summed E-state index contributed by atoms with van der Waals surface area (Å²) in [4.78, 5) is 0.0885. The Labute approximate surface area is 148 Å². The van der Waals surface area contributed by atoms with E-state index in [-0.39, 0.29) is 11.4 Å². The van der Waals surface area contributed by atoms with E-state index in [1.54, 1.807) is 13.0 Å². The Balaban J connectivity index is 2.46. The second kappa shape index (κ2) is 8.20. The van der Waals surface area contributed by atoms with Gasteiger partial charge >= 0.3 is 0 Å². The van der Waals surface area contributed by atoms with Crippen molar-refractivity contribution in [3.05, 3.63) is 48.3 Å². The van der Waals surface area contributed by atoms with E-state index in [9.17, 15) is 12.8 Å². The molecule has 0 aromatic heterocycles. The summed E-state index contributed by atoms with van der Waals surface area (Å²) in [6.07, 6.45) is 0. The van der Waals surface area contributed by atoms with Gasteiger partial charge in [-0.05, 0) is 57.2 Å². The molecule has 0 spiro atoms. The van der Waals surface area contributed by atoms with Crippen LogP contribution in [0.15, 0.2) is 47.4 Å². The second-order valence-corrected chi connectivity index (χ2v) is 6.98. The van der Waals surface area contributed by atoms with Crippen molar-refractivity contribution >= 4 is 15.7 Å². The maximum absolute atomic E-state index is 13.1. The van der Waals surface area contributed by atoms with E-state index in [1.807, 2.05) is 13.8 Å². The molecule has 0 unspecified atom stereocenters. The lowest BCUT2D eigenvalue weighted by Gasteiger charge is -2.23. The van der Waals surface area contributed by atoms with Crippen molar-refractivity contribution in [3.63, 3.8) is 0 Å². The molecule has 0 fully saturated rings. The molecule has 0 saturated heterocycles. The molecule has 2 aromatic rings. The summed E-state index contributed by atoms with van der Waals surface area (Å²) in [5.41, 5.74) is 0.399. The average molecular weight is 367 g/mol. The van der Waals surface area contributed by atoms with Crippen molar-refractivity contribution in [1.29, 1.82) is 0 Å². The first-order chi connectivity index (χ1) is 11.9. The number of rotatable bonds is 8. The number of sulfonamides is 1. The number of ether oxygens (including phenoxy) is 2. The maximum Gasteiger partial charge on any atom is 0.264 e. The normalized spacial score (nSPS) is 11.2. The van der Waals surface area contributed by atoms with Gasteiger partial charge in [0.2, 0.25) is 0 Å². The molecule has 0 atom stereocenters. The van der Waals surface area contributed by atoms with Crippen LogP contribution in [0, 0.1) is 5.82 Å². The third-order valence-corrected chi connectivity index (χ3v) is 5.40. The summed E-state index contributed by atoms with van der Waals surface area (Å²) in [5, 5.41) is 0. The monoisotopic (exact) mass is 367 g/mol. The standard InChI is InChI=1S/C18H22FNO4S/c1-4-20(15-9-7-14(19)8-10-15)25(21,22)16-11-12-17(23-5-2)18(13-16)24-6-3/h7-13H,4-6H2,1-3H3. The fourth-order valence-electron chi connectivity index (χ4n) is 2.42. The lowest BCUT2D eigenvalue weighted by atomic mass is 10.3. The third kappa shape index (κ3) is 4.22. The zero-order chi connectivity index (χ0) is 18.4. The molecule has 0 aliphatic heterocycles. The Morgan fingerprint density at radius 1 is 0.920 bits per heavy atom. The molecule has 0 aliphatic rings. The van der Waals surface area contributed by atoms with Crippen molar-refractivity contribution in [2.45, 2.75) is 25.7 Å². The summed E-state index contributed by atoms with van der Waals surface area (Å²) in [6.45, 7) is 6.42. The van der Waals surface area contributed by atoms with E-state index in [4.69, 9.17) is 9.47 Å². The highest BCUT2D eigenvalue weighted by Gasteiger charge is 2.25. The van der Waals surface area contributed by atoms with Gasteiger partial charge in [0.25, 0.3) is 10.0 Å². The van der Waals surface area contributed by atoms with Crippen LogP contribution in [0.5, 0.6) is 11.5 Å². The van der Waals surface area contributed by atoms with E-state index < -0.39 is 15.8 Å². The van der Waals surface area contributed by atoms with Gasteiger partial charge in [-0.1, -0.05) is 0 Å². The van der Waals surface area contributed by atoms with Gasteiger partial charge in [0, 0.05) is 12.6 Å². The van der Waals surface area contributed by atoms with Gasteiger partial charge in [0.15, 0.2) is 11.5 Å². The predicted molar refractivity (Wildman–Crippen MR) is 95.4 cm³/mol. The Morgan fingerprint density at radius 2 is 1.52 bits per heavy atom. The molecule has 5 nitrogen and oxygen atoms in total. The summed E-state index contributed by atoms with van der Waals surface area (Å²) >= 11 is 0. The molecule has 25 heavy (non-hydrogen) atoms. The van der Waals surface area contributed by atoms with E-state index in [0.717, 1.165) is 0 Å². The Hall–Kier alpha value is -2.28. The molecule has 7 heteroatoms. The fraction of sp³-hybridized carbons (Fsp3) is 0.333. The lowest BCUT2D eigenvalue weighted by molar-refractivity contribution is 0.287. The first kappa shape index (κ1) is 19.1. The quantitative estimate of drug-likeness (QED) is 0.711. The van der Waals surface area contributed by atoms with Gasteiger partial charge in [-0.25, -0.2) is 12.8 Å². The van der Waals surface area contributed by atoms with Crippen molar-refractivity contribution in [3.8, 4) is 11.5 Å². The first-order valence-electron chi connectivity index (χ1n) is 8.12. The van der Waals surface area contributed by atoms with Crippen molar-refractivity contribution < 1.29 is 22.3 Å². The molecule has 0 aliphatic carbocycles. The van der Waals surface area contributed by atoms with Crippen LogP contribution in [0.4, 0.5) is 10.1 Å². The molecule has 2 aromatic carbocycles. The summed E-state index contributed by atoms with van der Waals surface area (Å²) in [6, 6.07) is 9.86. The van der Waals surface area contributed by atoms with Crippen LogP contribution >= 0.6 is 0 Å². The van der Waals surface area contributed by atoms with Gasteiger partial charge < -0.3 is 9.47 Å². The topological polar surface area (TPSA) is 55.8 Å². The molecular formula is C18H22FNO4S. The molecular weight excluding hydrogens is 345 g/mol. The summed E-state index contributed by atoms with van der Waals surface area (Å²) < 4.78 is 51.3. The largest absolute Gasteiger partial charge is 0.490 e. The van der Waals surface area contributed by atoms with Gasteiger partial charge in [-0.3, -0.25) is 4.31 Å². The van der Waals surface area contributed by atoms with Crippen molar-refractivity contribution in [1.82, 2.24) is 0 Å². The minimum Gasteiger partial charge on any atom is -0.490 e. The number of nitrogens with zero attached hydrogens (tertiary/aromatic N) is 1. The third-order valence-electron chi connectivity index (χ3n) is 3.50. The van der Waals surface area contributed by atoms with E-state index in [0.29, 0.717) is 30.4 Å². The SMILES string of the molecule is CCOc1ccc(S(=O)(=O)N(CC)c2ccc(F)cc2)cc1OCC. The van der Waals surface area contributed by atoms with E-state index in [1.165, 1.54) is 40.7 Å². The Morgan fingerprint density at radius 3 is 2.08 bits per heavy atom. The molecule has 0 saturated carbocycles. The zero-order valence-corrected chi connectivity index (χ0v) is 15.3. The van der Waals surface area contributed by atoms with Crippen LogP contribution in [0.1, 0.15) is 20.8 Å². The van der Waals surface area contributed by atoms with Crippen LogP contribution < -0.4 is 13.8 Å². The predicted octanol–water partition coefficient (Wildman–Crippen LogP) is 3.84. The molecule has 0 amide bonds. The van der Waals surface area contributed by atoms with Crippen LogP contribution in [-0.4, -0.2) is 28.2 Å². The fourth-order valence-corrected chi connectivity index (χ4v) is 3.91. The van der Waals surface area contributed by atoms with Crippen LogP contribution in [0.2, 0.25) is 0 Å². The van der Waals surface area contributed by atoms with Gasteiger partial charge in [-0.2, -0.15) is 0 Å².